The fraction of sp³-hybridized carbons (Fsp3) is 0.615. The minimum atomic E-state index is 0.882. The van der Waals surface area contributed by atoms with E-state index < -0.39 is 0 Å². The number of hydrogen-bond donors (Lipinski definition) is 1. The van der Waals surface area contributed by atoms with Gasteiger partial charge in [0, 0.05) is 43.3 Å². The van der Waals surface area contributed by atoms with Crippen molar-refractivity contribution in [2.24, 2.45) is 0 Å². The molecule has 90 valence electrons. The van der Waals surface area contributed by atoms with E-state index >= 15 is 0 Å². The molecule has 1 aromatic heterocycles. The van der Waals surface area contributed by atoms with Crippen LogP contribution in [0.4, 0.5) is 5.69 Å². The third-order valence-corrected chi connectivity index (χ3v) is 2.57. The van der Waals surface area contributed by atoms with E-state index in [1.807, 2.05) is 19.4 Å². The number of nitrogens with one attached hydrogen (secondary N) is 1. The molecule has 0 unspecified atom stereocenters. The Labute approximate surface area is 98.9 Å². The van der Waals surface area contributed by atoms with Gasteiger partial charge in [0.05, 0.1) is 0 Å². The Morgan fingerprint density at radius 3 is 2.50 bits per heavy atom. The lowest BCUT2D eigenvalue weighted by Crippen LogP contribution is -2.26. The van der Waals surface area contributed by atoms with Gasteiger partial charge in [0.2, 0.25) is 0 Å². The molecular formula is C13H23N3. The van der Waals surface area contributed by atoms with Gasteiger partial charge in [-0.15, -0.1) is 0 Å². The van der Waals surface area contributed by atoms with Gasteiger partial charge in [-0.25, -0.2) is 0 Å². The van der Waals surface area contributed by atoms with Crippen molar-refractivity contribution < 1.29 is 0 Å². The number of rotatable bonds is 7. The lowest BCUT2D eigenvalue weighted by atomic mass is 10.2. The lowest BCUT2D eigenvalue weighted by Gasteiger charge is -2.26. The number of aromatic nitrogens is 1. The summed E-state index contributed by atoms with van der Waals surface area (Å²) >= 11 is 0. The Bertz CT molecular complexity index is 293. The zero-order valence-electron chi connectivity index (χ0n) is 10.7. The van der Waals surface area contributed by atoms with E-state index in [4.69, 9.17) is 0 Å². The molecule has 0 saturated carbocycles. The number of nitrogens with zero attached hydrogens (tertiary/aromatic N) is 2. The monoisotopic (exact) mass is 221 g/mol. The van der Waals surface area contributed by atoms with Gasteiger partial charge in [0.15, 0.2) is 0 Å². The number of pyridine rings is 1. The van der Waals surface area contributed by atoms with Crippen molar-refractivity contribution in [1.29, 1.82) is 0 Å². The first-order chi connectivity index (χ1) is 7.83. The Kier molecular flexibility index (Phi) is 5.86. The molecule has 0 atom stereocenters. The van der Waals surface area contributed by atoms with Crippen LogP contribution in [-0.4, -0.2) is 25.1 Å². The first-order valence-corrected chi connectivity index (χ1v) is 6.15. The van der Waals surface area contributed by atoms with E-state index in [1.54, 1.807) is 0 Å². The molecule has 0 aromatic carbocycles. The molecule has 0 aliphatic rings. The molecular weight excluding hydrogens is 198 g/mol. The van der Waals surface area contributed by atoms with Crippen LogP contribution in [0.3, 0.4) is 0 Å². The summed E-state index contributed by atoms with van der Waals surface area (Å²) in [5.41, 5.74) is 2.61. The molecule has 1 rings (SSSR count). The fourth-order valence-electron chi connectivity index (χ4n) is 1.95. The molecule has 3 heteroatoms. The van der Waals surface area contributed by atoms with Crippen LogP contribution in [0.2, 0.25) is 0 Å². The van der Waals surface area contributed by atoms with Crippen LogP contribution in [0, 0.1) is 0 Å². The van der Waals surface area contributed by atoms with Crippen LogP contribution in [0.25, 0.3) is 0 Å². The first kappa shape index (κ1) is 13.0. The summed E-state index contributed by atoms with van der Waals surface area (Å²) in [5.74, 6) is 0. The molecule has 0 bridgehead atoms. The molecule has 0 aliphatic heterocycles. The highest BCUT2D eigenvalue weighted by molar-refractivity contribution is 5.52. The second-order valence-electron chi connectivity index (χ2n) is 4.02. The maximum absolute atomic E-state index is 4.20. The summed E-state index contributed by atoms with van der Waals surface area (Å²) < 4.78 is 0. The van der Waals surface area contributed by atoms with Gasteiger partial charge in [-0.1, -0.05) is 13.8 Å². The van der Waals surface area contributed by atoms with Crippen LogP contribution in [0.5, 0.6) is 0 Å². The van der Waals surface area contributed by atoms with Crippen molar-refractivity contribution in [1.82, 2.24) is 10.3 Å². The van der Waals surface area contributed by atoms with Gasteiger partial charge in [-0.3, -0.25) is 4.98 Å². The second kappa shape index (κ2) is 7.23. The van der Waals surface area contributed by atoms with Gasteiger partial charge in [-0.05, 0) is 26.0 Å². The van der Waals surface area contributed by atoms with Crippen molar-refractivity contribution in [3.8, 4) is 0 Å². The summed E-state index contributed by atoms with van der Waals surface area (Å²) in [6, 6.07) is 2.12. The van der Waals surface area contributed by atoms with Crippen molar-refractivity contribution in [2.75, 3.05) is 25.0 Å². The smallest absolute Gasteiger partial charge is 0.0442 e. The summed E-state index contributed by atoms with van der Waals surface area (Å²) in [4.78, 5) is 6.65. The van der Waals surface area contributed by atoms with Gasteiger partial charge in [0.1, 0.15) is 0 Å². The standard InChI is InChI=1S/C13H23N3/c1-4-8-16(9-5-2)13-6-7-15-11-12(13)10-14-3/h6-7,11,14H,4-5,8-10H2,1-3H3. The Morgan fingerprint density at radius 1 is 1.25 bits per heavy atom. The number of anilines is 1. The third kappa shape index (κ3) is 3.49. The largest absolute Gasteiger partial charge is 0.371 e. The van der Waals surface area contributed by atoms with Crippen molar-refractivity contribution in [3.63, 3.8) is 0 Å². The maximum Gasteiger partial charge on any atom is 0.0442 e. The molecule has 0 radical (unpaired) electrons. The normalized spacial score (nSPS) is 10.4. The highest BCUT2D eigenvalue weighted by Gasteiger charge is 2.08. The van der Waals surface area contributed by atoms with Gasteiger partial charge >= 0.3 is 0 Å². The van der Waals surface area contributed by atoms with Crippen molar-refractivity contribution >= 4 is 5.69 Å². The molecule has 0 saturated heterocycles. The Hall–Kier alpha value is -1.09. The quantitative estimate of drug-likeness (QED) is 0.766. The average molecular weight is 221 g/mol. The fourth-order valence-corrected chi connectivity index (χ4v) is 1.95. The van der Waals surface area contributed by atoms with Gasteiger partial charge in [0.25, 0.3) is 0 Å². The van der Waals surface area contributed by atoms with Crippen LogP contribution in [0.15, 0.2) is 18.5 Å². The molecule has 1 aromatic rings. The molecule has 1 heterocycles. The average Bonchev–Trinajstić information content (AvgIpc) is 2.30. The summed E-state index contributed by atoms with van der Waals surface area (Å²) in [7, 11) is 1.97. The Morgan fingerprint density at radius 2 is 1.94 bits per heavy atom. The number of hydrogen-bond acceptors (Lipinski definition) is 3. The topological polar surface area (TPSA) is 28.2 Å². The van der Waals surface area contributed by atoms with E-state index in [2.05, 4.69) is 35.1 Å². The van der Waals surface area contributed by atoms with Gasteiger partial charge < -0.3 is 10.2 Å². The Balaban J connectivity index is 2.87. The van der Waals surface area contributed by atoms with Gasteiger partial charge in [-0.2, -0.15) is 0 Å². The zero-order chi connectivity index (χ0) is 11.8. The second-order valence-corrected chi connectivity index (χ2v) is 4.02. The minimum Gasteiger partial charge on any atom is -0.371 e. The molecule has 0 aliphatic carbocycles. The zero-order valence-corrected chi connectivity index (χ0v) is 10.7. The SMILES string of the molecule is CCCN(CCC)c1ccncc1CNC. The van der Waals surface area contributed by atoms with E-state index in [0.29, 0.717) is 0 Å². The van der Waals surface area contributed by atoms with Crippen LogP contribution in [0.1, 0.15) is 32.3 Å². The predicted molar refractivity (Wildman–Crippen MR) is 69.8 cm³/mol. The van der Waals surface area contributed by atoms with Crippen molar-refractivity contribution in [3.05, 3.63) is 24.0 Å². The van der Waals surface area contributed by atoms with Crippen molar-refractivity contribution in [2.45, 2.75) is 33.2 Å². The highest BCUT2D eigenvalue weighted by atomic mass is 15.1. The van der Waals surface area contributed by atoms with Crippen LogP contribution >= 0.6 is 0 Å². The lowest BCUT2D eigenvalue weighted by molar-refractivity contribution is 0.730. The molecule has 0 fully saturated rings. The van der Waals surface area contributed by atoms with E-state index in [9.17, 15) is 0 Å². The predicted octanol–water partition coefficient (Wildman–Crippen LogP) is 2.43. The summed E-state index contributed by atoms with van der Waals surface area (Å²) in [6.07, 6.45) is 6.21. The molecule has 0 amide bonds. The third-order valence-electron chi connectivity index (χ3n) is 2.57. The highest BCUT2D eigenvalue weighted by Crippen LogP contribution is 2.19. The summed E-state index contributed by atoms with van der Waals surface area (Å²) in [5, 5.41) is 3.20. The van der Waals surface area contributed by atoms with E-state index in [-0.39, 0.29) is 0 Å². The molecule has 3 nitrogen and oxygen atoms in total. The molecule has 0 spiro atoms. The first-order valence-electron chi connectivity index (χ1n) is 6.15. The van der Waals surface area contributed by atoms with Crippen LogP contribution < -0.4 is 10.2 Å². The maximum atomic E-state index is 4.20. The van der Waals surface area contributed by atoms with Crippen LogP contribution in [-0.2, 0) is 6.54 Å². The summed E-state index contributed by atoms with van der Waals surface area (Å²) in [6.45, 7) is 7.57. The molecule has 1 N–H and O–H groups in total. The molecule has 16 heavy (non-hydrogen) atoms. The van der Waals surface area contributed by atoms with E-state index in [0.717, 1.165) is 19.6 Å². The minimum absolute atomic E-state index is 0.882. The van der Waals surface area contributed by atoms with E-state index in [1.165, 1.54) is 24.1 Å².